The Labute approximate surface area is 108 Å². The number of nitrogens with one attached hydrogen (secondary N) is 2. The van der Waals surface area contributed by atoms with Crippen molar-refractivity contribution in [1.82, 2.24) is 15.5 Å². The van der Waals surface area contributed by atoms with Gasteiger partial charge in [-0.3, -0.25) is 14.5 Å². The highest BCUT2D eigenvalue weighted by Crippen LogP contribution is 2.06. The molecule has 0 bridgehead atoms. The predicted molar refractivity (Wildman–Crippen MR) is 68.4 cm³/mol. The van der Waals surface area contributed by atoms with Crippen LogP contribution in [0.15, 0.2) is 0 Å². The molecule has 0 aromatic heterocycles. The summed E-state index contributed by atoms with van der Waals surface area (Å²) in [4.78, 5) is 24.3. The Kier molecular flexibility index (Phi) is 6.67. The molecule has 18 heavy (non-hydrogen) atoms. The van der Waals surface area contributed by atoms with E-state index in [1.807, 2.05) is 0 Å². The predicted octanol–water partition coefficient (Wildman–Crippen LogP) is -0.491. The number of amides is 1. The van der Waals surface area contributed by atoms with Gasteiger partial charge in [0.15, 0.2) is 0 Å². The zero-order chi connectivity index (χ0) is 13.4. The van der Waals surface area contributed by atoms with Gasteiger partial charge in [-0.25, -0.2) is 0 Å². The van der Waals surface area contributed by atoms with E-state index in [1.54, 1.807) is 6.92 Å². The van der Waals surface area contributed by atoms with Crippen molar-refractivity contribution in [1.29, 1.82) is 0 Å². The smallest absolute Gasteiger partial charge is 0.303 e. The minimum absolute atomic E-state index is 0.0468. The van der Waals surface area contributed by atoms with Crippen LogP contribution in [-0.4, -0.2) is 61.2 Å². The molecule has 1 aliphatic rings. The van der Waals surface area contributed by atoms with Gasteiger partial charge in [0.05, 0.1) is 0 Å². The van der Waals surface area contributed by atoms with Crippen molar-refractivity contribution in [2.45, 2.75) is 19.8 Å². The van der Waals surface area contributed by atoms with Crippen LogP contribution in [0.2, 0.25) is 0 Å². The van der Waals surface area contributed by atoms with Crippen molar-refractivity contribution < 1.29 is 14.7 Å². The first-order chi connectivity index (χ1) is 8.58. The SMILES string of the molecule is CC(CC(=O)O)CC(=O)NCCN1CCNCC1. The molecule has 0 aromatic carbocycles. The standard InChI is InChI=1S/C12H23N3O3/c1-10(9-12(17)18)8-11(16)14-4-7-15-5-2-13-3-6-15/h10,13H,2-9H2,1H3,(H,14,16)(H,17,18). The van der Waals surface area contributed by atoms with E-state index in [0.717, 1.165) is 32.7 Å². The molecular formula is C12H23N3O3. The molecule has 0 saturated carbocycles. The van der Waals surface area contributed by atoms with Gasteiger partial charge in [0, 0.05) is 52.1 Å². The molecule has 0 spiro atoms. The third-order valence-corrected chi connectivity index (χ3v) is 3.02. The molecule has 104 valence electrons. The molecule has 1 unspecified atom stereocenters. The lowest BCUT2D eigenvalue weighted by molar-refractivity contribution is -0.138. The maximum atomic E-state index is 11.5. The minimum atomic E-state index is -0.851. The lowest BCUT2D eigenvalue weighted by atomic mass is 10.0. The normalized spacial score (nSPS) is 18.3. The largest absolute Gasteiger partial charge is 0.481 e. The van der Waals surface area contributed by atoms with Crippen molar-refractivity contribution in [2.24, 2.45) is 5.92 Å². The van der Waals surface area contributed by atoms with E-state index in [2.05, 4.69) is 15.5 Å². The summed E-state index contributed by atoms with van der Waals surface area (Å²) in [6.45, 7) is 7.33. The first-order valence-corrected chi connectivity index (χ1v) is 6.49. The van der Waals surface area contributed by atoms with Crippen molar-refractivity contribution >= 4 is 11.9 Å². The molecule has 1 rings (SSSR count). The number of nitrogens with zero attached hydrogens (tertiary/aromatic N) is 1. The van der Waals surface area contributed by atoms with Gasteiger partial charge >= 0.3 is 5.97 Å². The Morgan fingerprint density at radius 1 is 1.33 bits per heavy atom. The van der Waals surface area contributed by atoms with Crippen molar-refractivity contribution in [3.8, 4) is 0 Å². The van der Waals surface area contributed by atoms with Gasteiger partial charge in [0.25, 0.3) is 0 Å². The first-order valence-electron chi connectivity index (χ1n) is 6.49. The van der Waals surface area contributed by atoms with Gasteiger partial charge in [-0.15, -0.1) is 0 Å². The first kappa shape index (κ1) is 14.9. The monoisotopic (exact) mass is 257 g/mol. The number of carbonyl (C=O) groups is 2. The highest BCUT2D eigenvalue weighted by Gasteiger charge is 2.13. The highest BCUT2D eigenvalue weighted by atomic mass is 16.4. The van der Waals surface area contributed by atoms with Gasteiger partial charge < -0.3 is 15.7 Å². The second kappa shape index (κ2) is 8.05. The van der Waals surface area contributed by atoms with E-state index in [4.69, 9.17) is 5.11 Å². The topological polar surface area (TPSA) is 81.7 Å². The number of rotatable bonds is 7. The summed E-state index contributed by atoms with van der Waals surface area (Å²) >= 11 is 0. The third kappa shape index (κ3) is 6.56. The van der Waals surface area contributed by atoms with Gasteiger partial charge in [-0.1, -0.05) is 6.92 Å². The van der Waals surface area contributed by atoms with Crippen LogP contribution in [0.25, 0.3) is 0 Å². The summed E-state index contributed by atoms with van der Waals surface area (Å²) in [5, 5.41) is 14.7. The van der Waals surface area contributed by atoms with Crippen LogP contribution in [0.1, 0.15) is 19.8 Å². The molecule has 0 radical (unpaired) electrons. The Bertz CT molecular complexity index is 278. The minimum Gasteiger partial charge on any atom is -0.481 e. The van der Waals surface area contributed by atoms with Crippen LogP contribution < -0.4 is 10.6 Å². The number of carboxylic acids is 1. The number of aliphatic carboxylic acids is 1. The zero-order valence-electron chi connectivity index (χ0n) is 10.9. The van der Waals surface area contributed by atoms with E-state index in [9.17, 15) is 9.59 Å². The van der Waals surface area contributed by atoms with E-state index in [-0.39, 0.29) is 24.7 Å². The summed E-state index contributed by atoms with van der Waals surface area (Å²) < 4.78 is 0. The fourth-order valence-corrected chi connectivity index (χ4v) is 2.05. The maximum absolute atomic E-state index is 11.5. The van der Waals surface area contributed by atoms with Gasteiger partial charge in [0.2, 0.25) is 5.91 Å². The molecule has 6 heteroatoms. The molecule has 1 aliphatic heterocycles. The van der Waals surface area contributed by atoms with Crippen LogP contribution in [0.3, 0.4) is 0 Å². The maximum Gasteiger partial charge on any atom is 0.303 e. The van der Waals surface area contributed by atoms with Crippen LogP contribution in [0.5, 0.6) is 0 Å². The average molecular weight is 257 g/mol. The summed E-state index contributed by atoms with van der Waals surface area (Å²) in [5.74, 6) is -1.02. The van der Waals surface area contributed by atoms with Gasteiger partial charge in [0.1, 0.15) is 0 Å². The van der Waals surface area contributed by atoms with E-state index >= 15 is 0 Å². The summed E-state index contributed by atoms with van der Waals surface area (Å²) in [5.41, 5.74) is 0. The second-order valence-electron chi connectivity index (χ2n) is 4.85. The van der Waals surface area contributed by atoms with E-state index < -0.39 is 5.97 Å². The number of hydrogen-bond donors (Lipinski definition) is 3. The molecule has 1 atom stereocenters. The molecule has 0 aromatic rings. The highest BCUT2D eigenvalue weighted by molar-refractivity contribution is 5.77. The Hall–Kier alpha value is -1.14. The fraction of sp³-hybridized carbons (Fsp3) is 0.833. The lowest BCUT2D eigenvalue weighted by Crippen LogP contribution is -2.46. The molecule has 1 fully saturated rings. The van der Waals surface area contributed by atoms with Crippen molar-refractivity contribution in [3.63, 3.8) is 0 Å². The summed E-state index contributed by atoms with van der Waals surface area (Å²) in [6.07, 6.45) is 0.332. The van der Waals surface area contributed by atoms with Crippen molar-refractivity contribution in [2.75, 3.05) is 39.3 Å². The Balaban J connectivity index is 2.07. The summed E-state index contributed by atoms with van der Waals surface area (Å²) in [6, 6.07) is 0. The van der Waals surface area contributed by atoms with E-state index in [1.165, 1.54) is 0 Å². The Morgan fingerprint density at radius 3 is 2.61 bits per heavy atom. The van der Waals surface area contributed by atoms with Crippen LogP contribution in [-0.2, 0) is 9.59 Å². The van der Waals surface area contributed by atoms with Crippen LogP contribution in [0, 0.1) is 5.92 Å². The quantitative estimate of drug-likeness (QED) is 0.573. The molecule has 1 saturated heterocycles. The lowest BCUT2D eigenvalue weighted by Gasteiger charge is -2.27. The zero-order valence-corrected chi connectivity index (χ0v) is 10.9. The molecule has 1 amide bonds. The third-order valence-electron chi connectivity index (χ3n) is 3.02. The number of carboxylic acid groups (broad SMARTS) is 1. The number of hydrogen-bond acceptors (Lipinski definition) is 4. The molecular weight excluding hydrogens is 234 g/mol. The van der Waals surface area contributed by atoms with Gasteiger partial charge in [-0.05, 0) is 5.92 Å². The summed E-state index contributed by atoms with van der Waals surface area (Å²) in [7, 11) is 0. The van der Waals surface area contributed by atoms with Crippen LogP contribution in [0.4, 0.5) is 0 Å². The number of carbonyl (C=O) groups excluding carboxylic acids is 1. The van der Waals surface area contributed by atoms with Crippen LogP contribution >= 0.6 is 0 Å². The van der Waals surface area contributed by atoms with Gasteiger partial charge in [-0.2, -0.15) is 0 Å². The second-order valence-corrected chi connectivity index (χ2v) is 4.85. The fourth-order valence-electron chi connectivity index (χ4n) is 2.05. The average Bonchev–Trinajstić information content (AvgIpc) is 2.29. The Morgan fingerprint density at radius 2 is 2.00 bits per heavy atom. The molecule has 0 aliphatic carbocycles. The molecule has 3 N–H and O–H groups in total. The molecule has 1 heterocycles. The number of piperazine rings is 1. The molecule has 6 nitrogen and oxygen atoms in total. The van der Waals surface area contributed by atoms with Crippen molar-refractivity contribution in [3.05, 3.63) is 0 Å². The van der Waals surface area contributed by atoms with E-state index in [0.29, 0.717) is 6.54 Å².